The standard InChI is InChI=1S/C27H42O8/c1-13(2)16-8-9-27(4)10-18-15(12-33-5)6-7-17(18)14(3)21(29)25(20(16)27)35-26-24(32)23(31)22(30)19(11-28)34-26/h6,10,13-14,17,19,21-26,28-32H,7-9,11-12H2,1-5H3/t14-,17+,19-,21-,22-,23+,24-,25-,26-,27-/m1/s1. The summed E-state index contributed by atoms with van der Waals surface area (Å²) in [6.45, 7) is 8.46. The van der Waals surface area contributed by atoms with E-state index in [0.29, 0.717) is 6.61 Å². The van der Waals surface area contributed by atoms with E-state index < -0.39 is 49.5 Å². The van der Waals surface area contributed by atoms with Gasteiger partial charge in [0, 0.05) is 12.5 Å². The van der Waals surface area contributed by atoms with Crippen molar-refractivity contribution in [3.05, 3.63) is 34.4 Å². The minimum absolute atomic E-state index is 0.109. The lowest BCUT2D eigenvalue weighted by molar-refractivity contribution is -0.315. The smallest absolute Gasteiger partial charge is 0.187 e. The van der Waals surface area contributed by atoms with E-state index in [1.807, 2.05) is 6.92 Å². The Morgan fingerprint density at radius 2 is 1.83 bits per heavy atom. The number of rotatable bonds is 6. The molecule has 0 aromatic carbocycles. The predicted molar refractivity (Wildman–Crippen MR) is 129 cm³/mol. The zero-order valence-corrected chi connectivity index (χ0v) is 21.4. The first-order chi connectivity index (χ1) is 16.5. The molecule has 0 unspecified atom stereocenters. The Kier molecular flexibility index (Phi) is 7.96. The van der Waals surface area contributed by atoms with Crippen molar-refractivity contribution in [3.8, 4) is 0 Å². The van der Waals surface area contributed by atoms with E-state index in [9.17, 15) is 25.5 Å². The Labute approximate surface area is 207 Å². The van der Waals surface area contributed by atoms with Gasteiger partial charge >= 0.3 is 0 Å². The second-order valence-corrected chi connectivity index (χ2v) is 11.2. The van der Waals surface area contributed by atoms with Crippen LogP contribution in [0.2, 0.25) is 0 Å². The number of ether oxygens (including phenoxy) is 3. The highest BCUT2D eigenvalue weighted by Crippen LogP contribution is 2.54. The highest BCUT2D eigenvalue weighted by molar-refractivity contribution is 5.47. The number of aliphatic hydroxyl groups is 5. The van der Waals surface area contributed by atoms with Gasteiger partial charge in [0.15, 0.2) is 6.29 Å². The number of fused-ring (bicyclic) bond motifs is 2. The van der Waals surface area contributed by atoms with Gasteiger partial charge in [0.25, 0.3) is 0 Å². The third-order valence-electron chi connectivity index (χ3n) is 8.63. The molecule has 4 aliphatic rings. The molecule has 1 heterocycles. The topological polar surface area (TPSA) is 129 Å². The molecule has 1 aliphatic heterocycles. The normalized spacial score (nSPS) is 44.0. The highest BCUT2D eigenvalue weighted by atomic mass is 16.7. The largest absolute Gasteiger partial charge is 0.394 e. The molecular formula is C27H42O8. The third-order valence-corrected chi connectivity index (χ3v) is 8.63. The third kappa shape index (κ3) is 4.68. The van der Waals surface area contributed by atoms with Crippen LogP contribution in [0.25, 0.3) is 0 Å². The first-order valence-corrected chi connectivity index (χ1v) is 12.8. The van der Waals surface area contributed by atoms with Crippen molar-refractivity contribution >= 4 is 0 Å². The van der Waals surface area contributed by atoms with Gasteiger partial charge in [-0.05, 0) is 53.7 Å². The molecule has 8 nitrogen and oxygen atoms in total. The summed E-state index contributed by atoms with van der Waals surface area (Å²) in [5.41, 5.74) is 4.25. The van der Waals surface area contributed by atoms with Crippen LogP contribution in [0, 0.1) is 23.2 Å². The second-order valence-electron chi connectivity index (χ2n) is 11.2. The van der Waals surface area contributed by atoms with Gasteiger partial charge in [-0.2, -0.15) is 0 Å². The fourth-order valence-corrected chi connectivity index (χ4v) is 6.54. The average molecular weight is 495 g/mol. The number of allylic oxidation sites excluding steroid dienone is 3. The van der Waals surface area contributed by atoms with E-state index in [-0.39, 0.29) is 23.2 Å². The van der Waals surface area contributed by atoms with Gasteiger partial charge in [-0.3, -0.25) is 0 Å². The molecule has 0 bridgehead atoms. The zero-order chi connectivity index (χ0) is 25.7. The van der Waals surface area contributed by atoms with E-state index >= 15 is 0 Å². The SMILES string of the molecule is COCC1=CC[C@@H]2C1=C[C@@]1(C)CCC(C(C)C)=C1[C@@H](O[C@H]1O[C@H](CO)[C@@H](O)[C@H](O)[C@H]1O)[C@H](O)[C@@H]2C. The maximum absolute atomic E-state index is 11.8. The van der Waals surface area contributed by atoms with Crippen LogP contribution in [0.5, 0.6) is 0 Å². The van der Waals surface area contributed by atoms with Gasteiger partial charge in [0.05, 0.1) is 19.3 Å². The van der Waals surface area contributed by atoms with Crippen molar-refractivity contribution in [2.45, 2.75) is 89.9 Å². The molecule has 0 saturated carbocycles. The summed E-state index contributed by atoms with van der Waals surface area (Å²) in [5.74, 6) is 0.187. The van der Waals surface area contributed by atoms with E-state index in [0.717, 1.165) is 24.8 Å². The molecule has 5 N–H and O–H groups in total. The van der Waals surface area contributed by atoms with Crippen molar-refractivity contribution in [1.29, 1.82) is 0 Å². The molecule has 0 radical (unpaired) electrons. The lowest BCUT2D eigenvalue weighted by Crippen LogP contribution is -2.60. The van der Waals surface area contributed by atoms with Crippen LogP contribution in [0.15, 0.2) is 34.4 Å². The van der Waals surface area contributed by atoms with Crippen molar-refractivity contribution < 1.29 is 39.7 Å². The number of hydrogen-bond donors (Lipinski definition) is 5. The molecule has 1 saturated heterocycles. The summed E-state index contributed by atoms with van der Waals surface area (Å²) in [6, 6.07) is 0. The molecule has 4 rings (SSSR count). The van der Waals surface area contributed by atoms with E-state index in [2.05, 4.69) is 32.9 Å². The van der Waals surface area contributed by atoms with Crippen LogP contribution < -0.4 is 0 Å². The summed E-state index contributed by atoms with van der Waals surface area (Å²) >= 11 is 0. The average Bonchev–Trinajstić information content (AvgIpc) is 3.36. The molecule has 0 amide bonds. The van der Waals surface area contributed by atoms with Gasteiger partial charge in [-0.25, -0.2) is 0 Å². The van der Waals surface area contributed by atoms with Crippen molar-refractivity contribution in [2.24, 2.45) is 23.2 Å². The van der Waals surface area contributed by atoms with E-state index in [1.165, 1.54) is 16.7 Å². The number of methoxy groups -OCH3 is 1. The molecular weight excluding hydrogens is 452 g/mol. The summed E-state index contributed by atoms with van der Waals surface area (Å²) in [5, 5.41) is 52.6. The van der Waals surface area contributed by atoms with Gasteiger partial charge in [0.1, 0.15) is 30.5 Å². The Balaban J connectivity index is 1.78. The summed E-state index contributed by atoms with van der Waals surface area (Å²) in [7, 11) is 1.69. The quantitative estimate of drug-likeness (QED) is 0.351. The van der Waals surface area contributed by atoms with E-state index in [1.54, 1.807) is 7.11 Å². The Hall–Kier alpha value is -1.10. The van der Waals surface area contributed by atoms with Gasteiger partial charge in [-0.1, -0.05) is 45.4 Å². The minimum atomic E-state index is -1.54. The molecule has 35 heavy (non-hydrogen) atoms. The van der Waals surface area contributed by atoms with Crippen LogP contribution in [-0.2, 0) is 14.2 Å². The Morgan fingerprint density at radius 1 is 1.11 bits per heavy atom. The van der Waals surface area contributed by atoms with Crippen LogP contribution in [0.3, 0.4) is 0 Å². The van der Waals surface area contributed by atoms with Crippen LogP contribution >= 0.6 is 0 Å². The first-order valence-electron chi connectivity index (χ1n) is 12.8. The molecule has 3 aliphatic carbocycles. The van der Waals surface area contributed by atoms with Crippen LogP contribution in [0.1, 0.15) is 47.0 Å². The van der Waals surface area contributed by atoms with E-state index in [4.69, 9.17) is 14.2 Å². The summed E-state index contributed by atoms with van der Waals surface area (Å²) in [4.78, 5) is 0. The van der Waals surface area contributed by atoms with Crippen molar-refractivity contribution in [2.75, 3.05) is 20.3 Å². The van der Waals surface area contributed by atoms with Crippen molar-refractivity contribution in [3.63, 3.8) is 0 Å². The van der Waals surface area contributed by atoms with Gasteiger partial charge < -0.3 is 39.7 Å². The lowest BCUT2D eigenvalue weighted by atomic mass is 9.68. The molecule has 1 fully saturated rings. The zero-order valence-electron chi connectivity index (χ0n) is 21.4. The summed E-state index contributed by atoms with van der Waals surface area (Å²) < 4.78 is 17.5. The molecule has 198 valence electrons. The molecule has 10 atom stereocenters. The fraction of sp³-hybridized carbons (Fsp3) is 0.778. The first kappa shape index (κ1) is 26.9. The Bertz CT molecular complexity index is 876. The van der Waals surface area contributed by atoms with Crippen LogP contribution in [0.4, 0.5) is 0 Å². The lowest BCUT2D eigenvalue weighted by Gasteiger charge is -2.45. The predicted octanol–water partition coefficient (Wildman–Crippen LogP) is 1.45. The van der Waals surface area contributed by atoms with Gasteiger partial charge in [0.2, 0.25) is 0 Å². The summed E-state index contributed by atoms with van der Waals surface area (Å²) in [6.07, 6.45) is -1.48. The minimum Gasteiger partial charge on any atom is -0.394 e. The molecule has 8 heteroatoms. The number of hydrogen-bond acceptors (Lipinski definition) is 8. The van der Waals surface area contributed by atoms with Gasteiger partial charge in [-0.15, -0.1) is 0 Å². The second kappa shape index (κ2) is 10.3. The molecule has 0 aromatic rings. The fourth-order valence-electron chi connectivity index (χ4n) is 6.54. The van der Waals surface area contributed by atoms with Crippen LogP contribution in [-0.4, -0.2) is 88.8 Å². The Morgan fingerprint density at radius 3 is 2.46 bits per heavy atom. The molecule has 0 spiro atoms. The highest BCUT2D eigenvalue weighted by Gasteiger charge is 2.51. The monoisotopic (exact) mass is 494 g/mol. The maximum Gasteiger partial charge on any atom is 0.187 e. The van der Waals surface area contributed by atoms with Crippen molar-refractivity contribution in [1.82, 2.24) is 0 Å². The number of aliphatic hydroxyl groups excluding tert-OH is 5. The maximum atomic E-state index is 11.8. The molecule has 0 aromatic heterocycles.